The van der Waals surface area contributed by atoms with Crippen molar-refractivity contribution >= 4 is 15.5 Å². The molecule has 1 fully saturated rings. The molecule has 5 heteroatoms. The van der Waals surface area contributed by atoms with Crippen LogP contribution in [0.15, 0.2) is 24.3 Å². The lowest BCUT2D eigenvalue weighted by Crippen LogP contribution is -2.40. The molecule has 0 saturated carbocycles. The van der Waals surface area contributed by atoms with Crippen molar-refractivity contribution in [3.05, 3.63) is 29.8 Å². The fourth-order valence-corrected chi connectivity index (χ4v) is 3.36. The Morgan fingerprint density at radius 2 is 1.95 bits per heavy atom. The van der Waals surface area contributed by atoms with Crippen LogP contribution in [0.2, 0.25) is 0 Å². The third-order valence-electron chi connectivity index (χ3n) is 3.33. The van der Waals surface area contributed by atoms with Gasteiger partial charge in [0, 0.05) is 31.4 Å². The van der Waals surface area contributed by atoms with Crippen LogP contribution in [-0.4, -0.2) is 39.1 Å². The topological polar surface area (TPSA) is 49.4 Å². The van der Waals surface area contributed by atoms with Crippen molar-refractivity contribution in [2.24, 2.45) is 0 Å². The van der Waals surface area contributed by atoms with Gasteiger partial charge in [-0.1, -0.05) is 26.0 Å². The lowest BCUT2D eigenvalue weighted by atomic mass is 10.1. The molecule has 1 aromatic rings. The second-order valence-electron chi connectivity index (χ2n) is 5.34. The number of nitrogens with one attached hydrogen (secondary N) is 1. The average molecular weight is 282 g/mol. The van der Waals surface area contributed by atoms with E-state index < -0.39 is 9.84 Å². The van der Waals surface area contributed by atoms with Crippen molar-refractivity contribution < 1.29 is 8.42 Å². The number of sulfone groups is 1. The van der Waals surface area contributed by atoms with Crippen LogP contribution in [0.3, 0.4) is 0 Å². The number of rotatable bonds is 4. The summed E-state index contributed by atoms with van der Waals surface area (Å²) >= 11 is 0. The molecule has 0 spiro atoms. The molecule has 1 aliphatic heterocycles. The molecule has 1 aromatic carbocycles. The van der Waals surface area contributed by atoms with Crippen molar-refractivity contribution in [1.82, 2.24) is 5.32 Å². The zero-order chi connectivity index (χ0) is 13.9. The summed E-state index contributed by atoms with van der Waals surface area (Å²) in [5.74, 6) is 0.531. The molecule has 0 bridgehead atoms. The van der Waals surface area contributed by atoms with E-state index >= 15 is 0 Å². The van der Waals surface area contributed by atoms with E-state index in [9.17, 15) is 8.42 Å². The van der Waals surface area contributed by atoms with Gasteiger partial charge in [-0.05, 0) is 17.7 Å². The maximum Gasteiger partial charge on any atom is 0.153 e. The van der Waals surface area contributed by atoms with E-state index in [0.717, 1.165) is 12.2 Å². The minimum absolute atomic E-state index is 0.265. The van der Waals surface area contributed by atoms with E-state index in [1.54, 1.807) is 0 Å². The van der Waals surface area contributed by atoms with Crippen LogP contribution in [-0.2, 0) is 16.4 Å². The smallest absolute Gasteiger partial charge is 0.153 e. The van der Waals surface area contributed by atoms with E-state index in [2.05, 4.69) is 42.3 Å². The second-order valence-corrected chi connectivity index (χ2v) is 7.65. The maximum atomic E-state index is 11.4. The summed E-state index contributed by atoms with van der Waals surface area (Å²) in [5.41, 5.74) is 2.36. The van der Waals surface area contributed by atoms with Gasteiger partial charge >= 0.3 is 0 Å². The summed E-state index contributed by atoms with van der Waals surface area (Å²) in [5, 5.41) is 3.39. The molecule has 19 heavy (non-hydrogen) atoms. The van der Waals surface area contributed by atoms with Crippen molar-refractivity contribution in [2.75, 3.05) is 29.5 Å². The van der Waals surface area contributed by atoms with Crippen molar-refractivity contribution in [1.29, 1.82) is 0 Å². The first kappa shape index (κ1) is 14.3. The fourth-order valence-electron chi connectivity index (χ4n) is 2.16. The maximum absolute atomic E-state index is 11.4. The summed E-state index contributed by atoms with van der Waals surface area (Å²) in [6.45, 7) is 6.29. The highest BCUT2D eigenvalue weighted by Crippen LogP contribution is 2.18. The largest absolute Gasteiger partial charge is 0.369 e. The van der Waals surface area contributed by atoms with E-state index in [1.807, 2.05) is 6.07 Å². The molecule has 2 rings (SSSR count). The Balaban J connectivity index is 2.03. The summed E-state index contributed by atoms with van der Waals surface area (Å²) in [7, 11) is -2.81. The minimum Gasteiger partial charge on any atom is -0.369 e. The van der Waals surface area contributed by atoms with E-state index in [-0.39, 0.29) is 11.5 Å². The Hall–Kier alpha value is -1.07. The standard InChI is InChI=1S/C14H22N2O2S/c1-12(2)15-11-13-4-3-5-14(10-13)16-6-8-19(17,18)9-7-16/h3-5,10,12,15H,6-9,11H2,1-2H3. The van der Waals surface area contributed by atoms with Crippen LogP contribution in [0.4, 0.5) is 5.69 Å². The molecular formula is C14H22N2O2S. The van der Waals surface area contributed by atoms with Gasteiger partial charge < -0.3 is 10.2 Å². The highest BCUT2D eigenvalue weighted by Gasteiger charge is 2.21. The first-order valence-corrected chi connectivity index (χ1v) is 8.56. The van der Waals surface area contributed by atoms with Gasteiger partial charge in [0.1, 0.15) is 0 Å². The molecule has 0 unspecified atom stereocenters. The molecule has 0 radical (unpaired) electrons. The van der Waals surface area contributed by atoms with Crippen LogP contribution in [0.1, 0.15) is 19.4 Å². The van der Waals surface area contributed by atoms with Crippen molar-refractivity contribution in [3.63, 3.8) is 0 Å². The predicted octanol–water partition coefficient (Wildman–Crippen LogP) is 1.42. The predicted molar refractivity (Wildman–Crippen MR) is 79.3 cm³/mol. The Morgan fingerprint density at radius 3 is 2.58 bits per heavy atom. The molecule has 4 nitrogen and oxygen atoms in total. The first-order chi connectivity index (χ1) is 8.96. The number of anilines is 1. The molecule has 0 atom stereocenters. The molecule has 1 heterocycles. The van der Waals surface area contributed by atoms with Crippen LogP contribution >= 0.6 is 0 Å². The summed E-state index contributed by atoms with van der Waals surface area (Å²) < 4.78 is 22.9. The summed E-state index contributed by atoms with van der Waals surface area (Å²) in [6, 6.07) is 8.79. The molecule has 0 amide bonds. The Bertz CT molecular complexity index is 512. The zero-order valence-electron chi connectivity index (χ0n) is 11.6. The molecule has 106 valence electrons. The lowest BCUT2D eigenvalue weighted by molar-refractivity contribution is 0.585. The molecule has 0 aliphatic carbocycles. The third-order valence-corrected chi connectivity index (χ3v) is 4.94. The van der Waals surface area contributed by atoms with Gasteiger partial charge in [0.05, 0.1) is 11.5 Å². The average Bonchev–Trinajstić information content (AvgIpc) is 2.37. The van der Waals surface area contributed by atoms with E-state index in [0.29, 0.717) is 19.1 Å². The summed E-state index contributed by atoms with van der Waals surface area (Å²) in [4.78, 5) is 2.15. The Labute approximate surface area is 115 Å². The van der Waals surface area contributed by atoms with Gasteiger partial charge in [0.15, 0.2) is 9.84 Å². The van der Waals surface area contributed by atoms with Crippen LogP contribution in [0, 0.1) is 0 Å². The van der Waals surface area contributed by atoms with Gasteiger partial charge in [-0.25, -0.2) is 8.42 Å². The highest BCUT2D eigenvalue weighted by molar-refractivity contribution is 7.91. The normalized spacial score (nSPS) is 18.8. The quantitative estimate of drug-likeness (QED) is 0.907. The number of hydrogen-bond donors (Lipinski definition) is 1. The molecular weight excluding hydrogens is 260 g/mol. The Kier molecular flexibility index (Phi) is 4.47. The van der Waals surface area contributed by atoms with Gasteiger partial charge in [0.2, 0.25) is 0 Å². The monoisotopic (exact) mass is 282 g/mol. The zero-order valence-corrected chi connectivity index (χ0v) is 12.4. The van der Waals surface area contributed by atoms with Gasteiger partial charge in [-0.2, -0.15) is 0 Å². The molecule has 0 aromatic heterocycles. The Morgan fingerprint density at radius 1 is 1.26 bits per heavy atom. The second kappa shape index (κ2) is 5.92. The molecule has 1 saturated heterocycles. The van der Waals surface area contributed by atoms with Crippen LogP contribution < -0.4 is 10.2 Å². The van der Waals surface area contributed by atoms with Gasteiger partial charge in [-0.3, -0.25) is 0 Å². The van der Waals surface area contributed by atoms with E-state index in [1.165, 1.54) is 5.56 Å². The molecule has 1 N–H and O–H groups in total. The van der Waals surface area contributed by atoms with Gasteiger partial charge in [0.25, 0.3) is 0 Å². The minimum atomic E-state index is -2.81. The number of nitrogens with zero attached hydrogens (tertiary/aromatic N) is 1. The lowest BCUT2D eigenvalue weighted by Gasteiger charge is -2.29. The van der Waals surface area contributed by atoms with Crippen LogP contribution in [0.25, 0.3) is 0 Å². The summed E-state index contributed by atoms with van der Waals surface area (Å²) in [6.07, 6.45) is 0. The van der Waals surface area contributed by atoms with Crippen molar-refractivity contribution in [3.8, 4) is 0 Å². The molecule has 1 aliphatic rings. The highest BCUT2D eigenvalue weighted by atomic mass is 32.2. The van der Waals surface area contributed by atoms with Gasteiger partial charge in [-0.15, -0.1) is 0 Å². The van der Waals surface area contributed by atoms with Crippen LogP contribution in [0.5, 0.6) is 0 Å². The number of hydrogen-bond acceptors (Lipinski definition) is 4. The fraction of sp³-hybridized carbons (Fsp3) is 0.571. The number of benzene rings is 1. The third kappa shape index (κ3) is 4.21. The van der Waals surface area contributed by atoms with E-state index in [4.69, 9.17) is 0 Å². The van der Waals surface area contributed by atoms with Crippen molar-refractivity contribution in [2.45, 2.75) is 26.4 Å². The SMILES string of the molecule is CC(C)NCc1cccc(N2CCS(=O)(=O)CC2)c1. The first-order valence-electron chi connectivity index (χ1n) is 6.74.